The zero-order valence-corrected chi connectivity index (χ0v) is 21.5. The number of carbonyl (C=O) groups is 1. The van der Waals surface area contributed by atoms with E-state index in [4.69, 9.17) is 10.1 Å². The third-order valence-electron chi connectivity index (χ3n) is 7.77. The van der Waals surface area contributed by atoms with E-state index in [0.717, 1.165) is 59.1 Å². The number of amides is 1. The number of hydrogen-bond acceptors (Lipinski definition) is 6. The molecule has 38 heavy (non-hydrogen) atoms. The monoisotopic (exact) mass is 503 g/mol. The van der Waals surface area contributed by atoms with Crippen molar-refractivity contribution in [3.63, 3.8) is 0 Å². The smallest absolute Gasteiger partial charge is 0.267 e. The molecule has 1 saturated carbocycles. The molecule has 4 heterocycles. The summed E-state index contributed by atoms with van der Waals surface area (Å²) in [6.07, 6.45) is 5.15. The van der Waals surface area contributed by atoms with E-state index in [1.165, 1.54) is 0 Å². The van der Waals surface area contributed by atoms with Gasteiger partial charge in [0.05, 0.1) is 24.3 Å². The van der Waals surface area contributed by atoms with Gasteiger partial charge in [0, 0.05) is 24.5 Å². The minimum absolute atomic E-state index is 0.0829. The molecule has 1 aliphatic carbocycles. The van der Waals surface area contributed by atoms with E-state index in [0.29, 0.717) is 17.9 Å². The molecule has 2 aromatic heterocycles. The molecular formula is C30H29N7O. The molecule has 1 amide bonds. The van der Waals surface area contributed by atoms with Crippen LogP contribution in [-0.4, -0.2) is 50.7 Å². The minimum Gasteiger partial charge on any atom is -0.338 e. The van der Waals surface area contributed by atoms with Gasteiger partial charge in [-0.05, 0) is 55.5 Å². The Balaban J connectivity index is 1.29. The number of hydrogen-bond donors (Lipinski definition) is 1. The van der Waals surface area contributed by atoms with Crippen molar-refractivity contribution in [2.24, 2.45) is 4.99 Å². The average molecular weight is 504 g/mol. The fraction of sp³-hybridized carbons (Fsp3) is 0.267. The first kappa shape index (κ1) is 22.7. The van der Waals surface area contributed by atoms with Crippen LogP contribution >= 0.6 is 0 Å². The average Bonchev–Trinajstić information content (AvgIpc) is 3.63. The van der Waals surface area contributed by atoms with Crippen LogP contribution in [0, 0.1) is 6.92 Å². The van der Waals surface area contributed by atoms with Crippen molar-refractivity contribution in [3.05, 3.63) is 89.6 Å². The van der Waals surface area contributed by atoms with Crippen LogP contribution in [0.4, 0.5) is 17.3 Å². The van der Waals surface area contributed by atoms with Crippen molar-refractivity contribution >= 4 is 29.2 Å². The minimum atomic E-state index is -0.0829. The van der Waals surface area contributed by atoms with Gasteiger partial charge in [0.15, 0.2) is 5.82 Å². The van der Waals surface area contributed by atoms with Gasteiger partial charge in [-0.3, -0.25) is 19.6 Å². The number of aryl methyl sites for hydroxylation is 1. The molecule has 3 aliphatic rings. The molecule has 1 fully saturated rings. The number of carbonyl (C=O) groups excluding carboxylic acids is 1. The molecule has 8 heteroatoms. The SMILES string of the molecule is Cc1ccc(-c2ccc(Cn3nc(Nc4ccccc4)c4c3N3C(=NC5CCCC53)N(C)C4=O)cc2)nc1. The number of nitrogens with zero attached hydrogens (tertiary/aromatic N) is 6. The van der Waals surface area contributed by atoms with E-state index < -0.39 is 0 Å². The summed E-state index contributed by atoms with van der Waals surface area (Å²) in [4.78, 5) is 27.2. The van der Waals surface area contributed by atoms with Crippen LogP contribution in [0.1, 0.15) is 40.7 Å². The van der Waals surface area contributed by atoms with Gasteiger partial charge in [-0.25, -0.2) is 9.67 Å². The van der Waals surface area contributed by atoms with Crippen LogP contribution in [0.5, 0.6) is 0 Å². The number of fused-ring (bicyclic) bond motifs is 5. The maximum absolute atomic E-state index is 13.7. The molecule has 0 saturated heterocycles. The summed E-state index contributed by atoms with van der Waals surface area (Å²) in [6, 6.07) is 22.9. The number of aromatic nitrogens is 3. The zero-order chi connectivity index (χ0) is 25.8. The van der Waals surface area contributed by atoms with Gasteiger partial charge < -0.3 is 5.32 Å². The first-order chi connectivity index (χ1) is 18.6. The van der Waals surface area contributed by atoms with E-state index in [1.807, 2.05) is 61.2 Å². The molecule has 190 valence electrons. The summed E-state index contributed by atoms with van der Waals surface area (Å²) >= 11 is 0. The molecule has 2 atom stereocenters. The predicted molar refractivity (Wildman–Crippen MR) is 149 cm³/mol. The van der Waals surface area contributed by atoms with E-state index in [1.54, 1.807) is 4.90 Å². The fourth-order valence-corrected chi connectivity index (χ4v) is 5.83. The lowest BCUT2D eigenvalue weighted by Crippen LogP contribution is -2.52. The van der Waals surface area contributed by atoms with Crippen molar-refractivity contribution in [3.8, 4) is 11.3 Å². The molecule has 4 aromatic rings. The summed E-state index contributed by atoms with van der Waals surface area (Å²) in [5.41, 5.74) is 5.76. The second-order valence-corrected chi connectivity index (χ2v) is 10.3. The highest BCUT2D eigenvalue weighted by molar-refractivity contribution is 6.21. The largest absolute Gasteiger partial charge is 0.338 e. The molecule has 2 aliphatic heterocycles. The highest BCUT2D eigenvalue weighted by Crippen LogP contribution is 2.43. The number of rotatable bonds is 5. The number of aliphatic imine (C=N–C) groups is 1. The lowest BCUT2D eigenvalue weighted by atomic mass is 10.1. The molecule has 7 rings (SSSR count). The molecular weight excluding hydrogens is 474 g/mol. The molecule has 1 N–H and O–H groups in total. The van der Waals surface area contributed by atoms with E-state index in [2.05, 4.69) is 45.5 Å². The van der Waals surface area contributed by atoms with Gasteiger partial charge in [-0.1, -0.05) is 48.5 Å². The van der Waals surface area contributed by atoms with Crippen molar-refractivity contribution in [1.29, 1.82) is 0 Å². The van der Waals surface area contributed by atoms with Gasteiger partial charge >= 0.3 is 0 Å². The molecule has 0 bridgehead atoms. The maximum Gasteiger partial charge on any atom is 0.267 e. The number of pyridine rings is 1. The standard InChI is InChI=1S/C30H29N7O/c1-19-11-16-23(31-17-19)21-14-12-20(13-15-21)18-36-28-26(27(34-36)32-22-7-4-3-5-8-22)29(38)35(2)30-33-24-9-6-10-25(24)37(28)30/h3-5,7-8,11-17,24-25H,6,9-10,18H2,1-2H3,(H,32,34). The Labute approximate surface area is 221 Å². The van der Waals surface area contributed by atoms with Crippen LogP contribution in [0.25, 0.3) is 11.3 Å². The quantitative estimate of drug-likeness (QED) is 0.404. The Morgan fingerprint density at radius 1 is 1.00 bits per heavy atom. The Kier molecular flexibility index (Phi) is 5.28. The van der Waals surface area contributed by atoms with Crippen LogP contribution in [0.15, 0.2) is 77.9 Å². The van der Waals surface area contributed by atoms with Crippen molar-refractivity contribution in [2.45, 2.75) is 44.8 Å². The zero-order valence-electron chi connectivity index (χ0n) is 21.5. The first-order valence-corrected chi connectivity index (χ1v) is 13.2. The fourth-order valence-electron chi connectivity index (χ4n) is 5.83. The summed E-state index contributed by atoms with van der Waals surface area (Å²) < 4.78 is 1.97. The molecule has 0 radical (unpaired) electrons. The second kappa shape index (κ2) is 8.83. The summed E-state index contributed by atoms with van der Waals surface area (Å²) in [5, 5.41) is 8.39. The summed E-state index contributed by atoms with van der Waals surface area (Å²) in [6.45, 7) is 2.58. The van der Waals surface area contributed by atoms with Crippen molar-refractivity contribution in [2.75, 3.05) is 17.3 Å². The Bertz CT molecular complexity index is 1540. The highest BCUT2D eigenvalue weighted by atomic mass is 16.2. The van der Waals surface area contributed by atoms with Gasteiger partial charge in [0.25, 0.3) is 5.91 Å². The first-order valence-electron chi connectivity index (χ1n) is 13.2. The second-order valence-electron chi connectivity index (χ2n) is 10.3. The lowest BCUT2D eigenvalue weighted by Gasteiger charge is -2.35. The Morgan fingerprint density at radius 3 is 2.58 bits per heavy atom. The normalized spacial score (nSPS) is 19.7. The van der Waals surface area contributed by atoms with Crippen LogP contribution < -0.4 is 10.2 Å². The van der Waals surface area contributed by atoms with Crippen LogP contribution in [0.2, 0.25) is 0 Å². The number of benzene rings is 2. The maximum atomic E-state index is 13.7. The number of anilines is 3. The highest BCUT2D eigenvalue weighted by Gasteiger charge is 2.49. The lowest BCUT2D eigenvalue weighted by molar-refractivity contribution is 0.0865. The van der Waals surface area contributed by atoms with Gasteiger partial charge in [0.1, 0.15) is 11.4 Å². The van der Waals surface area contributed by atoms with Gasteiger partial charge in [-0.2, -0.15) is 5.10 Å². The molecule has 8 nitrogen and oxygen atoms in total. The summed E-state index contributed by atoms with van der Waals surface area (Å²) in [5.74, 6) is 2.07. The third-order valence-corrected chi connectivity index (χ3v) is 7.77. The van der Waals surface area contributed by atoms with Crippen molar-refractivity contribution in [1.82, 2.24) is 19.7 Å². The molecule has 0 spiro atoms. The number of nitrogens with one attached hydrogen (secondary N) is 1. The van der Waals surface area contributed by atoms with E-state index >= 15 is 0 Å². The van der Waals surface area contributed by atoms with Crippen LogP contribution in [-0.2, 0) is 6.54 Å². The van der Waals surface area contributed by atoms with Crippen LogP contribution in [0.3, 0.4) is 0 Å². The Hall–Kier alpha value is -4.46. The van der Waals surface area contributed by atoms with E-state index in [9.17, 15) is 4.79 Å². The van der Waals surface area contributed by atoms with E-state index in [-0.39, 0.29) is 18.0 Å². The van der Waals surface area contributed by atoms with Crippen molar-refractivity contribution < 1.29 is 4.79 Å². The number of guanidine groups is 1. The van der Waals surface area contributed by atoms with Gasteiger partial charge in [-0.15, -0.1) is 0 Å². The Morgan fingerprint density at radius 2 is 1.82 bits per heavy atom. The molecule has 2 aromatic carbocycles. The predicted octanol–water partition coefficient (Wildman–Crippen LogP) is 5.23. The third kappa shape index (κ3) is 3.67. The molecule has 2 unspecified atom stereocenters. The van der Waals surface area contributed by atoms with Gasteiger partial charge in [0.2, 0.25) is 5.96 Å². The topological polar surface area (TPSA) is 78.7 Å². The summed E-state index contributed by atoms with van der Waals surface area (Å²) in [7, 11) is 1.82. The number of para-hydroxylation sites is 1.